The Hall–Kier alpha value is -0.790. The Balaban J connectivity index is 2.69. The van der Waals surface area contributed by atoms with Crippen molar-refractivity contribution in [2.45, 2.75) is 6.43 Å². The second-order valence-electron chi connectivity index (χ2n) is 2.43. The third-order valence-electron chi connectivity index (χ3n) is 1.59. The Morgan fingerprint density at radius 1 is 1.38 bits per heavy atom. The lowest BCUT2D eigenvalue weighted by molar-refractivity contribution is 0.139. The molecule has 2 aromatic heterocycles. The molecule has 68 valence electrons. The van der Waals surface area contributed by atoms with Crippen molar-refractivity contribution >= 4 is 28.2 Å². The second kappa shape index (κ2) is 3.17. The van der Waals surface area contributed by atoms with Gasteiger partial charge in [-0.2, -0.15) is 0 Å². The van der Waals surface area contributed by atoms with Gasteiger partial charge in [0, 0.05) is 9.77 Å². The number of hydrogen-bond donors (Lipinski definition) is 0. The van der Waals surface area contributed by atoms with E-state index in [9.17, 15) is 8.78 Å². The maximum absolute atomic E-state index is 12.3. The quantitative estimate of drug-likeness (QED) is 0.756. The van der Waals surface area contributed by atoms with E-state index in [-0.39, 0.29) is 5.82 Å². The van der Waals surface area contributed by atoms with Crippen molar-refractivity contribution in [2.24, 2.45) is 0 Å². The van der Waals surface area contributed by atoms with Crippen LogP contribution in [0.5, 0.6) is 0 Å². The van der Waals surface area contributed by atoms with Gasteiger partial charge in [0.15, 0.2) is 5.65 Å². The molecule has 0 saturated heterocycles. The molecule has 0 amide bonds. The fraction of sp³-hybridized carbons (Fsp3) is 0.143. The van der Waals surface area contributed by atoms with Crippen molar-refractivity contribution in [1.82, 2.24) is 14.6 Å². The molecule has 2 aromatic rings. The predicted octanol–water partition coefficient (Wildman–Crippen LogP) is 2.27. The molecule has 0 fully saturated rings. The van der Waals surface area contributed by atoms with Gasteiger partial charge in [0.05, 0.1) is 0 Å². The van der Waals surface area contributed by atoms with E-state index >= 15 is 0 Å². The van der Waals surface area contributed by atoms with E-state index in [4.69, 9.17) is 0 Å². The van der Waals surface area contributed by atoms with Crippen molar-refractivity contribution in [3.05, 3.63) is 27.7 Å². The van der Waals surface area contributed by atoms with Crippen molar-refractivity contribution < 1.29 is 8.78 Å². The third kappa shape index (κ3) is 1.50. The number of fused-ring (bicyclic) bond motifs is 1. The molecule has 6 heteroatoms. The van der Waals surface area contributed by atoms with Gasteiger partial charge in [0.2, 0.25) is 5.82 Å². The second-order valence-corrected chi connectivity index (χ2v) is 3.68. The molecule has 0 aliphatic carbocycles. The van der Waals surface area contributed by atoms with E-state index in [1.165, 1.54) is 4.40 Å². The summed E-state index contributed by atoms with van der Waals surface area (Å²) in [6.07, 6.45) is -1.05. The highest BCUT2D eigenvalue weighted by Crippen LogP contribution is 2.18. The number of aromatic nitrogens is 3. The van der Waals surface area contributed by atoms with Crippen LogP contribution in [0.4, 0.5) is 8.78 Å². The Bertz CT molecular complexity index is 440. The fourth-order valence-corrected chi connectivity index (χ4v) is 1.47. The monoisotopic (exact) mass is 295 g/mol. The Kier molecular flexibility index (Phi) is 2.14. The first-order valence-electron chi connectivity index (χ1n) is 3.47. The van der Waals surface area contributed by atoms with Crippen molar-refractivity contribution in [3.8, 4) is 0 Å². The van der Waals surface area contributed by atoms with Crippen LogP contribution in [-0.4, -0.2) is 14.6 Å². The SMILES string of the molecule is FC(F)c1nnc2cc(I)ccn12. The summed E-state index contributed by atoms with van der Waals surface area (Å²) in [5.41, 5.74) is 0.446. The summed E-state index contributed by atoms with van der Waals surface area (Å²) in [5, 5.41) is 7.02. The summed E-state index contributed by atoms with van der Waals surface area (Å²) >= 11 is 2.09. The number of rotatable bonds is 1. The molecular formula is C7H4F2IN3. The summed E-state index contributed by atoms with van der Waals surface area (Å²) in [6, 6.07) is 3.42. The first-order valence-corrected chi connectivity index (χ1v) is 4.54. The van der Waals surface area contributed by atoms with Crippen LogP contribution < -0.4 is 0 Å². The molecule has 0 spiro atoms. The van der Waals surface area contributed by atoms with Gasteiger partial charge in [-0.1, -0.05) is 0 Å². The largest absolute Gasteiger partial charge is 0.297 e. The van der Waals surface area contributed by atoms with E-state index in [2.05, 4.69) is 32.8 Å². The van der Waals surface area contributed by atoms with Crippen molar-refractivity contribution in [1.29, 1.82) is 0 Å². The maximum Gasteiger partial charge on any atom is 0.297 e. The molecule has 3 nitrogen and oxygen atoms in total. The molecule has 0 bridgehead atoms. The topological polar surface area (TPSA) is 30.2 Å². The molecule has 0 saturated carbocycles. The van der Waals surface area contributed by atoms with E-state index in [0.717, 1.165) is 3.57 Å². The standard InChI is InChI=1S/C7H4F2IN3/c8-6(9)7-12-11-5-3-4(10)1-2-13(5)7/h1-3,6H. The highest BCUT2D eigenvalue weighted by atomic mass is 127. The van der Waals surface area contributed by atoms with Crippen LogP contribution in [0.25, 0.3) is 5.65 Å². The smallest absolute Gasteiger partial charge is 0.282 e. The molecule has 2 heterocycles. The lowest BCUT2D eigenvalue weighted by Gasteiger charge is -1.97. The van der Waals surface area contributed by atoms with Crippen LogP contribution in [0.15, 0.2) is 18.3 Å². The van der Waals surface area contributed by atoms with Gasteiger partial charge in [-0.15, -0.1) is 10.2 Å². The Labute approximate surface area is 85.9 Å². The minimum atomic E-state index is -2.59. The zero-order valence-electron chi connectivity index (χ0n) is 6.28. The van der Waals surface area contributed by atoms with Crippen LogP contribution in [-0.2, 0) is 0 Å². The molecule has 0 radical (unpaired) electrons. The summed E-state index contributed by atoms with van der Waals surface area (Å²) in [6.45, 7) is 0. The molecule has 13 heavy (non-hydrogen) atoms. The van der Waals surface area contributed by atoms with Crippen LogP contribution in [0, 0.1) is 3.57 Å². The van der Waals surface area contributed by atoms with Gasteiger partial charge in [0.25, 0.3) is 6.43 Å². The molecule has 0 aromatic carbocycles. The van der Waals surface area contributed by atoms with Crippen molar-refractivity contribution in [2.75, 3.05) is 0 Å². The zero-order valence-corrected chi connectivity index (χ0v) is 8.44. The van der Waals surface area contributed by atoms with E-state index in [1.807, 2.05) is 0 Å². The van der Waals surface area contributed by atoms with Gasteiger partial charge in [-0.05, 0) is 34.7 Å². The van der Waals surface area contributed by atoms with Crippen LogP contribution in [0.2, 0.25) is 0 Å². The van der Waals surface area contributed by atoms with E-state index in [0.29, 0.717) is 5.65 Å². The van der Waals surface area contributed by atoms with Gasteiger partial charge in [-0.3, -0.25) is 4.40 Å². The third-order valence-corrected chi connectivity index (χ3v) is 2.26. The fourth-order valence-electron chi connectivity index (χ4n) is 1.03. The van der Waals surface area contributed by atoms with Crippen molar-refractivity contribution in [3.63, 3.8) is 0 Å². The van der Waals surface area contributed by atoms with Gasteiger partial charge < -0.3 is 0 Å². The Morgan fingerprint density at radius 2 is 2.15 bits per heavy atom. The van der Waals surface area contributed by atoms with E-state index in [1.54, 1.807) is 18.3 Å². The maximum atomic E-state index is 12.3. The summed E-state index contributed by atoms with van der Waals surface area (Å²) in [7, 11) is 0. The predicted molar refractivity (Wildman–Crippen MR) is 50.7 cm³/mol. The van der Waals surface area contributed by atoms with Gasteiger partial charge in [-0.25, -0.2) is 8.78 Å². The lowest BCUT2D eigenvalue weighted by atomic mass is 10.5. The Morgan fingerprint density at radius 3 is 2.85 bits per heavy atom. The molecular weight excluding hydrogens is 291 g/mol. The molecule has 0 aliphatic rings. The normalized spacial score (nSPS) is 11.4. The first kappa shape index (κ1) is 8.79. The van der Waals surface area contributed by atoms with Crippen LogP contribution >= 0.6 is 22.6 Å². The molecule has 0 unspecified atom stereocenters. The summed E-state index contributed by atoms with van der Waals surface area (Å²) < 4.78 is 26.8. The number of alkyl halides is 2. The minimum Gasteiger partial charge on any atom is -0.282 e. The highest BCUT2D eigenvalue weighted by molar-refractivity contribution is 14.1. The van der Waals surface area contributed by atoms with E-state index < -0.39 is 6.43 Å². The minimum absolute atomic E-state index is 0.314. The van der Waals surface area contributed by atoms with Crippen LogP contribution in [0.1, 0.15) is 12.2 Å². The molecule has 0 N–H and O–H groups in total. The van der Waals surface area contributed by atoms with Crippen LogP contribution in [0.3, 0.4) is 0 Å². The first-order chi connectivity index (χ1) is 6.18. The number of pyridine rings is 1. The lowest BCUT2D eigenvalue weighted by Crippen LogP contribution is -1.94. The number of nitrogens with zero attached hydrogens (tertiary/aromatic N) is 3. The number of halogens is 3. The number of hydrogen-bond acceptors (Lipinski definition) is 2. The molecule has 0 atom stereocenters. The zero-order chi connectivity index (χ0) is 9.42. The van der Waals surface area contributed by atoms with Gasteiger partial charge in [0.1, 0.15) is 0 Å². The van der Waals surface area contributed by atoms with Gasteiger partial charge >= 0.3 is 0 Å². The average molecular weight is 295 g/mol. The average Bonchev–Trinajstić information content (AvgIpc) is 2.46. The summed E-state index contributed by atoms with van der Waals surface area (Å²) in [4.78, 5) is 0. The highest BCUT2D eigenvalue weighted by Gasteiger charge is 2.14. The molecule has 0 aliphatic heterocycles. The summed E-state index contributed by atoms with van der Waals surface area (Å²) in [5.74, 6) is -0.314. The molecule has 2 rings (SSSR count).